The first-order valence-corrected chi connectivity index (χ1v) is 11.3. The Bertz CT molecular complexity index is 273. The first-order valence-electron chi connectivity index (χ1n) is 11.3. The van der Waals surface area contributed by atoms with Gasteiger partial charge in [0.15, 0.2) is 0 Å². The minimum Gasteiger partial charge on any atom is -0.466 e. The third-order valence-corrected chi connectivity index (χ3v) is 4.92. The number of rotatable bonds is 19. The predicted molar refractivity (Wildman–Crippen MR) is 110 cm³/mol. The smallest absolute Gasteiger partial charge is 0.305 e. The SMILES string of the molecule is CCCCCCCOC(=O)CCCCCCCCCCCCC(C)C. The van der Waals surface area contributed by atoms with Crippen molar-refractivity contribution < 1.29 is 9.53 Å². The lowest BCUT2D eigenvalue weighted by Gasteiger charge is -2.05. The molecule has 0 aromatic rings. The van der Waals surface area contributed by atoms with Gasteiger partial charge in [-0.25, -0.2) is 0 Å². The first kappa shape index (κ1) is 24.5. The minimum absolute atomic E-state index is 0.0110. The topological polar surface area (TPSA) is 26.3 Å². The van der Waals surface area contributed by atoms with Gasteiger partial charge < -0.3 is 4.74 Å². The molecule has 0 N–H and O–H groups in total. The molecular formula is C23H46O2. The van der Waals surface area contributed by atoms with Crippen LogP contribution in [0.25, 0.3) is 0 Å². The third kappa shape index (κ3) is 21.4. The van der Waals surface area contributed by atoms with Crippen LogP contribution in [0.3, 0.4) is 0 Å². The summed E-state index contributed by atoms with van der Waals surface area (Å²) < 4.78 is 5.29. The van der Waals surface area contributed by atoms with E-state index in [9.17, 15) is 4.79 Å². The Kier molecular flexibility index (Phi) is 19.4. The molecule has 25 heavy (non-hydrogen) atoms. The maximum absolute atomic E-state index is 11.6. The molecule has 2 nitrogen and oxygen atoms in total. The van der Waals surface area contributed by atoms with E-state index in [1.807, 2.05) is 0 Å². The van der Waals surface area contributed by atoms with Gasteiger partial charge in [0.1, 0.15) is 0 Å². The van der Waals surface area contributed by atoms with Crippen LogP contribution in [-0.4, -0.2) is 12.6 Å². The van der Waals surface area contributed by atoms with E-state index in [-0.39, 0.29) is 5.97 Å². The van der Waals surface area contributed by atoms with E-state index < -0.39 is 0 Å². The fourth-order valence-electron chi connectivity index (χ4n) is 3.20. The van der Waals surface area contributed by atoms with E-state index in [2.05, 4.69) is 20.8 Å². The maximum atomic E-state index is 11.6. The second kappa shape index (κ2) is 19.8. The molecular weight excluding hydrogens is 308 g/mol. The Hall–Kier alpha value is -0.530. The lowest BCUT2D eigenvalue weighted by atomic mass is 10.0. The molecule has 0 saturated carbocycles. The molecule has 0 fully saturated rings. The quantitative estimate of drug-likeness (QED) is 0.174. The van der Waals surface area contributed by atoms with Crippen molar-refractivity contribution in [1.82, 2.24) is 0 Å². The van der Waals surface area contributed by atoms with Crippen LogP contribution in [0.5, 0.6) is 0 Å². The van der Waals surface area contributed by atoms with Crippen LogP contribution in [-0.2, 0) is 9.53 Å². The number of ether oxygens (including phenoxy) is 1. The number of unbranched alkanes of at least 4 members (excludes halogenated alkanes) is 13. The summed E-state index contributed by atoms with van der Waals surface area (Å²) in [7, 11) is 0. The molecule has 0 saturated heterocycles. The van der Waals surface area contributed by atoms with E-state index in [0.29, 0.717) is 13.0 Å². The monoisotopic (exact) mass is 354 g/mol. The number of hydrogen-bond acceptors (Lipinski definition) is 2. The summed E-state index contributed by atoms with van der Waals surface area (Å²) in [5, 5.41) is 0. The van der Waals surface area contributed by atoms with Crippen LogP contribution in [0.1, 0.15) is 130 Å². The van der Waals surface area contributed by atoms with E-state index in [1.165, 1.54) is 89.9 Å². The molecule has 0 spiro atoms. The maximum Gasteiger partial charge on any atom is 0.305 e. The van der Waals surface area contributed by atoms with Crippen molar-refractivity contribution in [2.75, 3.05) is 6.61 Å². The number of esters is 1. The van der Waals surface area contributed by atoms with Gasteiger partial charge in [0.2, 0.25) is 0 Å². The summed E-state index contributed by atoms with van der Waals surface area (Å²) in [5.74, 6) is 0.875. The van der Waals surface area contributed by atoms with Crippen molar-refractivity contribution in [2.24, 2.45) is 5.92 Å². The fourth-order valence-corrected chi connectivity index (χ4v) is 3.20. The van der Waals surface area contributed by atoms with E-state index >= 15 is 0 Å². The Balaban J connectivity index is 3.13. The van der Waals surface area contributed by atoms with E-state index in [4.69, 9.17) is 4.74 Å². The molecule has 0 aromatic carbocycles. The first-order chi connectivity index (χ1) is 12.2. The molecule has 0 aliphatic carbocycles. The fraction of sp³-hybridized carbons (Fsp3) is 0.957. The molecule has 0 rings (SSSR count). The van der Waals surface area contributed by atoms with Gasteiger partial charge in [-0.05, 0) is 18.8 Å². The summed E-state index contributed by atoms with van der Waals surface area (Å²) in [6.07, 6.45) is 21.3. The van der Waals surface area contributed by atoms with E-state index in [0.717, 1.165) is 18.8 Å². The van der Waals surface area contributed by atoms with Gasteiger partial charge in [-0.15, -0.1) is 0 Å². The average Bonchev–Trinajstić information content (AvgIpc) is 2.58. The third-order valence-electron chi connectivity index (χ3n) is 4.92. The average molecular weight is 355 g/mol. The van der Waals surface area contributed by atoms with Gasteiger partial charge >= 0.3 is 5.97 Å². The number of carbonyl (C=O) groups excluding carboxylic acids is 1. The molecule has 0 aliphatic rings. The molecule has 2 heteroatoms. The summed E-state index contributed by atoms with van der Waals surface area (Å²) >= 11 is 0. The molecule has 0 aliphatic heterocycles. The van der Waals surface area contributed by atoms with Crippen molar-refractivity contribution in [3.8, 4) is 0 Å². The summed E-state index contributed by atoms with van der Waals surface area (Å²) in [6.45, 7) is 7.47. The van der Waals surface area contributed by atoms with Gasteiger partial charge in [0, 0.05) is 6.42 Å². The van der Waals surface area contributed by atoms with Gasteiger partial charge in [-0.3, -0.25) is 4.79 Å². The van der Waals surface area contributed by atoms with Crippen molar-refractivity contribution in [1.29, 1.82) is 0 Å². The lowest BCUT2D eigenvalue weighted by molar-refractivity contribution is -0.143. The van der Waals surface area contributed by atoms with Crippen LogP contribution in [0.2, 0.25) is 0 Å². The zero-order valence-electron chi connectivity index (χ0n) is 17.6. The summed E-state index contributed by atoms with van der Waals surface area (Å²) in [4.78, 5) is 11.6. The Morgan fingerprint density at radius 1 is 0.680 bits per heavy atom. The molecule has 0 bridgehead atoms. The van der Waals surface area contributed by atoms with Crippen LogP contribution in [0, 0.1) is 5.92 Å². The van der Waals surface area contributed by atoms with Crippen molar-refractivity contribution in [2.45, 2.75) is 130 Å². The van der Waals surface area contributed by atoms with Crippen LogP contribution < -0.4 is 0 Å². The zero-order valence-corrected chi connectivity index (χ0v) is 17.6. The Morgan fingerprint density at radius 2 is 1.16 bits per heavy atom. The minimum atomic E-state index is 0.0110. The molecule has 0 heterocycles. The Morgan fingerprint density at radius 3 is 1.72 bits per heavy atom. The highest BCUT2D eigenvalue weighted by Gasteiger charge is 2.02. The second-order valence-corrected chi connectivity index (χ2v) is 8.10. The Labute approximate surface area is 158 Å². The van der Waals surface area contributed by atoms with E-state index in [1.54, 1.807) is 0 Å². The molecule has 0 atom stereocenters. The zero-order chi connectivity index (χ0) is 18.6. The van der Waals surface area contributed by atoms with Crippen LogP contribution in [0.4, 0.5) is 0 Å². The highest BCUT2D eigenvalue weighted by atomic mass is 16.5. The van der Waals surface area contributed by atoms with Crippen molar-refractivity contribution in [3.63, 3.8) is 0 Å². The lowest BCUT2D eigenvalue weighted by Crippen LogP contribution is -2.05. The molecule has 0 radical (unpaired) electrons. The summed E-state index contributed by atoms with van der Waals surface area (Å²) in [6, 6.07) is 0. The van der Waals surface area contributed by atoms with Crippen molar-refractivity contribution >= 4 is 5.97 Å². The van der Waals surface area contributed by atoms with Gasteiger partial charge in [0.25, 0.3) is 0 Å². The van der Waals surface area contributed by atoms with Gasteiger partial charge in [-0.1, -0.05) is 111 Å². The van der Waals surface area contributed by atoms with Gasteiger partial charge in [0.05, 0.1) is 6.61 Å². The van der Waals surface area contributed by atoms with Gasteiger partial charge in [-0.2, -0.15) is 0 Å². The molecule has 0 unspecified atom stereocenters. The molecule has 150 valence electrons. The number of hydrogen-bond donors (Lipinski definition) is 0. The molecule has 0 aromatic heterocycles. The second-order valence-electron chi connectivity index (χ2n) is 8.10. The standard InChI is InChI=1S/C23H46O2/c1-4-5-6-15-18-21-25-23(24)20-17-14-12-10-8-7-9-11-13-16-19-22(2)3/h22H,4-21H2,1-3H3. The largest absolute Gasteiger partial charge is 0.466 e. The van der Waals surface area contributed by atoms with Crippen molar-refractivity contribution in [3.05, 3.63) is 0 Å². The highest BCUT2D eigenvalue weighted by Crippen LogP contribution is 2.14. The predicted octanol–water partition coefficient (Wildman–Crippen LogP) is 7.84. The number of carbonyl (C=O) groups is 1. The normalized spacial score (nSPS) is 11.2. The van der Waals surface area contributed by atoms with Crippen LogP contribution >= 0.6 is 0 Å². The highest BCUT2D eigenvalue weighted by molar-refractivity contribution is 5.69. The summed E-state index contributed by atoms with van der Waals surface area (Å²) in [5.41, 5.74) is 0. The van der Waals surface area contributed by atoms with Crippen LogP contribution in [0.15, 0.2) is 0 Å². The molecule has 0 amide bonds.